The molecule has 150 valence electrons. The van der Waals surface area contributed by atoms with Gasteiger partial charge in [0.2, 0.25) is 0 Å². The Morgan fingerprint density at radius 1 is 0.828 bits per heavy atom. The van der Waals surface area contributed by atoms with Crippen molar-refractivity contribution in [2.75, 3.05) is 15.4 Å². The first-order chi connectivity index (χ1) is 13.7. The Morgan fingerprint density at radius 2 is 1.38 bits per heavy atom. The predicted octanol–water partition coefficient (Wildman–Crippen LogP) is 5.91. The van der Waals surface area contributed by atoms with Gasteiger partial charge in [-0.05, 0) is 85.4 Å². The SMILES string of the molecule is Cc1ccc(NC(=S)Nc2ccc(Cl)cc2)c(S(=O)(=O)Nc2ccc(Cl)cc2)c1. The zero-order chi connectivity index (χ0) is 21.0. The van der Waals surface area contributed by atoms with Gasteiger partial charge in [-0.15, -0.1) is 0 Å². The van der Waals surface area contributed by atoms with Crippen LogP contribution in [0.25, 0.3) is 0 Å². The van der Waals surface area contributed by atoms with Gasteiger partial charge in [-0.1, -0.05) is 29.3 Å². The second-order valence-corrected chi connectivity index (χ2v) is 9.13. The molecule has 0 saturated carbocycles. The van der Waals surface area contributed by atoms with E-state index in [1.807, 2.05) is 6.92 Å². The molecule has 0 aromatic heterocycles. The lowest BCUT2D eigenvalue weighted by molar-refractivity contribution is 0.601. The summed E-state index contributed by atoms with van der Waals surface area (Å²) in [5, 5.41) is 7.32. The van der Waals surface area contributed by atoms with E-state index in [1.165, 1.54) is 0 Å². The average Bonchev–Trinajstić information content (AvgIpc) is 2.67. The number of hydrogen-bond donors (Lipinski definition) is 3. The molecule has 3 rings (SSSR count). The van der Waals surface area contributed by atoms with Crippen molar-refractivity contribution in [3.8, 4) is 0 Å². The molecule has 0 aliphatic heterocycles. The number of sulfonamides is 1. The van der Waals surface area contributed by atoms with E-state index < -0.39 is 10.0 Å². The highest BCUT2D eigenvalue weighted by Crippen LogP contribution is 2.26. The van der Waals surface area contributed by atoms with Crippen molar-refractivity contribution in [1.29, 1.82) is 0 Å². The second-order valence-electron chi connectivity index (χ2n) is 6.20. The van der Waals surface area contributed by atoms with Gasteiger partial charge in [0.25, 0.3) is 10.0 Å². The molecule has 0 unspecified atom stereocenters. The number of aryl methyl sites for hydroxylation is 1. The van der Waals surface area contributed by atoms with Crippen molar-refractivity contribution >= 4 is 67.6 Å². The molecule has 0 atom stereocenters. The number of benzene rings is 3. The first kappa shape index (κ1) is 21.4. The Hall–Kier alpha value is -2.32. The third kappa shape index (κ3) is 5.83. The van der Waals surface area contributed by atoms with Crippen LogP contribution in [0.3, 0.4) is 0 Å². The first-order valence-corrected chi connectivity index (χ1v) is 11.1. The largest absolute Gasteiger partial charge is 0.332 e. The van der Waals surface area contributed by atoms with E-state index in [-0.39, 0.29) is 10.0 Å². The number of nitrogens with one attached hydrogen (secondary N) is 3. The summed E-state index contributed by atoms with van der Waals surface area (Å²) in [5.41, 5.74) is 2.28. The van der Waals surface area contributed by atoms with Crippen LogP contribution in [-0.2, 0) is 10.0 Å². The number of thiocarbonyl (C=S) groups is 1. The van der Waals surface area contributed by atoms with E-state index in [1.54, 1.807) is 66.7 Å². The van der Waals surface area contributed by atoms with Gasteiger partial charge in [-0.2, -0.15) is 0 Å². The number of rotatable bonds is 5. The van der Waals surface area contributed by atoms with Crippen molar-refractivity contribution in [2.24, 2.45) is 0 Å². The number of halogens is 2. The molecular formula is C20H17Cl2N3O2S2. The van der Waals surface area contributed by atoms with E-state index >= 15 is 0 Å². The molecule has 0 aliphatic carbocycles. The fourth-order valence-electron chi connectivity index (χ4n) is 2.50. The van der Waals surface area contributed by atoms with Crippen LogP contribution in [0.1, 0.15) is 5.56 Å². The van der Waals surface area contributed by atoms with Gasteiger partial charge in [0.1, 0.15) is 4.90 Å². The molecule has 3 aromatic rings. The standard InChI is InChI=1S/C20H17Cl2N3O2S2/c1-13-2-11-18(24-20(28)23-16-7-3-14(21)4-8-16)19(12-13)29(26,27)25-17-9-5-15(22)6-10-17/h2-12,25H,1H3,(H2,23,24,28). The minimum atomic E-state index is -3.86. The molecule has 29 heavy (non-hydrogen) atoms. The summed E-state index contributed by atoms with van der Waals surface area (Å²) < 4.78 is 28.5. The Bertz CT molecular complexity index is 1130. The van der Waals surface area contributed by atoms with Gasteiger partial charge >= 0.3 is 0 Å². The zero-order valence-corrected chi connectivity index (χ0v) is 18.4. The molecule has 3 N–H and O–H groups in total. The van der Waals surface area contributed by atoms with E-state index in [2.05, 4.69) is 15.4 Å². The molecule has 9 heteroatoms. The summed E-state index contributed by atoms with van der Waals surface area (Å²) in [6.45, 7) is 1.81. The summed E-state index contributed by atoms with van der Waals surface area (Å²) in [7, 11) is -3.86. The van der Waals surface area contributed by atoms with Crippen LogP contribution in [0.5, 0.6) is 0 Å². The Kier molecular flexibility index (Phi) is 6.64. The van der Waals surface area contributed by atoms with Crippen molar-refractivity contribution in [2.45, 2.75) is 11.8 Å². The average molecular weight is 466 g/mol. The second kappa shape index (κ2) is 9.00. The van der Waals surface area contributed by atoms with Crippen molar-refractivity contribution in [3.63, 3.8) is 0 Å². The van der Waals surface area contributed by atoms with Crippen molar-refractivity contribution in [3.05, 3.63) is 82.3 Å². The molecule has 0 radical (unpaired) electrons. The van der Waals surface area contributed by atoms with Crippen LogP contribution in [-0.4, -0.2) is 13.5 Å². The molecule has 0 amide bonds. The smallest absolute Gasteiger partial charge is 0.263 e. The maximum atomic E-state index is 13.0. The van der Waals surface area contributed by atoms with Crippen LogP contribution in [0.15, 0.2) is 71.6 Å². The molecule has 0 fully saturated rings. The molecule has 0 spiro atoms. The van der Waals surface area contributed by atoms with Crippen molar-refractivity contribution in [1.82, 2.24) is 0 Å². The normalized spacial score (nSPS) is 11.0. The number of hydrogen-bond acceptors (Lipinski definition) is 3. The van der Waals surface area contributed by atoms with Gasteiger partial charge < -0.3 is 10.6 Å². The monoisotopic (exact) mass is 465 g/mol. The highest BCUT2D eigenvalue weighted by molar-refractivity contribution is 7.93. The van der Waals surface area contributed by atoms with Crippen LogP contribution in [0.2, 0.25) is 10.0 Å². The maximum Gasteiger partial charge on any atom is 0.263 e. The van der Waals surface area contributed by atoms with E-state index in [9.17, 15) is 8.42 Å². The molecular weight excluding hydrogens is 449 g/mol. The fraction of sp³-hybridized carbons (Fsp3) is 0.0500. The lowest BCUT2D eigenvalue weighted by Crippen LogP contribution is -2.22. The summed E-state index contributed by atoms with van der Waals surface area (Å²) in [6, 6.07) is 18.4. The van der Waals surface area contributed by atoms with Crippen LogP contribution >= 0.6 is 35.4 Å². The zero-order valence-electron chi connectivity index (χ0n) is 15.2. The lowest BCUT2D eigenvalue weighted by atomic mass is 10.2. The van der Waals surface area contributed by atoms with Gasteiger partial charge in [-0.25, -0.2) is 8.42 Å². The third-order valence-electron chi connectivity index (χ3n) is 3.87. The van der Waals surface area contributed by atoms with Gasteiger partial charge in [0.15, 0.2) is 5.11 Å². The van der Waals surface area contributed by atoms with E-state index in [0.717, 1.165) is 11.3 Å². The Balaban J connectivity index is 1.83. The molecule has 3 aromatic carbocycles. The van der Waals surface area contributed by atoms with Crippen LogP contribution < -0.4 is 15.4 Å². The van der Waals surface area contributed by atoms with E-state index in [0.29, 0.717) is 21.4 Å². The quantitative estimate of drug-likeness (QED) is 0.408. The Morgan fingerprint density at radius 3 is 1.97 bits per heavy atom. The first-order valence-electron chi connectivity index (χ1n) is 8.45. The Labute approximate surface area is 185 Å². The molecule has 0 bridgehead atoms. The summed E-state index contributed by atoms with van der Waals surface area (Å²) >= 11 is 17.1. The minimum absolute atomic E-state index is 0.0766. The number of anilines is 3. The highest BCUT2D eigenvalue weighted by Gasteiger charge is 2.20. The van der Waals surface area contributed by atoms with Crippen LogP contribution in [0, 0.1) is 6.92 Å². The van der Waals surface area contributed by atoms with Gasteiger partial charge in [0.05, 0.1) is 5.69 Å². The molecule has 0 saturated heterocycles. The lowest BCUT2D eigenvalue weighted by Gasteiger charge is -2.16. The molecule has 0 aliphatic rings. The topological polar surface area (TPSA) is 70.2 Å². The predicted molar refractivity (Wildman–Crippen MR) is 125 cm³/mol. The van der Waals surface area contributed by atoms with Crippen molar-refractivity contribution < 1.29 is 8.42 Å². The molecule has 5 nitrogen and oxygen atoms in total. The van der Waals surface area contributed by atoms with Crippen LogP contribution in [0.4, 0.5) is 17.1 Å². The third-order valence-corrected chi connectivity index (χ3v) is 6.00. The van der Waals surface area contributed by atoms with Gasteiger partial charge in [0, 0.05) is 21.4 Å². The summed E-state index contributed by atoms with van der Waals surface area (Å²) in [5.74, 6) is 0. The highest BCUT2D eigenvalue weighted by atomic mass is 35.5. The maximum absolute atomic E-state index is 13.0. The van der Waals surface area contributed by atoms with Gasteiger partial charge in [-0.3, -0.25) is 4.72 Å². The molecule has 0 heterocycles. The minimum Gasteiger partial charge on any atom is -0.332 e. The fourth-order valence-corrected chi connectivity index (χ4v) is 4.29. The summed E-state index contributed by atoms with van der Waals surface area (Å²) in [6.07, 6.45) is 0. The van der Waals surface area contributed by atoms with E-state index in [4.69, 9.17) is 35.4 Å². The summed E-state index contributed by atoms with van der Waals surface area (Å²) in [4.78, 5) is 0.0766.